The van der Waals surface area contributed by atoms with Gasteiger partial charge in [-0.05, 0) is 37.6 Å². The van der Waals surface area contributed by atoms with Gasteiger partial charge < -0.3 is 19.4 Å². The van der Waals surface area contributed by atoms with Crippen LogP contribution in [0.15, 0.2) is 53.5 Å². The van der Waals surface area contributed by atoms with Crippen molar-refractivity contribution in [1.29, 1.82) is 0 Å². The average molecular weight is 432 g/mol. The van der Waals surface area contributed by atoms with Gasteiger partial charge in [0.15, 0.2) is 11.5 Å². The number of ether oxygens (including phenoxy) is 2. The zero-order chi connectivity index (χ0) is 22.4. The molecule has 1 amide bonds. The van der Waals surface area contributed by atoms with Crippen LogP contribution in [0.3, 0.4) is 0 Å². The van der Waals surface area contributed by atoms with Gasteiger partial charge in [-0.2, -0.15) is 5.10 Å². The van der Waals surface area contributed by atoms with Crippen LogP contribution >= 0.6 is 0 Å². The first kappa shape index (κ1) is 20.1. The summed E-state index contributed by atoms with van der Waals surface area (Å²) in [7, 11) is 1.61. The fourth-order valence-electron chi connectivity index (χ4n) is 4.25. The Labute approximate surface area is 184 Å². The Kier molecular flexibility index (Phi) is 4.84. The lowest BCUT2D eigenvalue weighted by Gasteiger charge is -2.23. The maximum atomic E-state index is 13.3. The quantitative estimate of drug-likeness (QED) is 0.536. The minimum atomic E-state index is -0.604. The van der Waals surface area contributed by atoms with Crippen LogP contribution in [0.2, 0.25) is 0 Å². The molecule has 32 heavy (non-hydrogen) atoms. The smallest absolute Gasteiger partial charge is 0.291 e. The van der Waals surface area contributed by atoms with E-state index in [1.165, 1.54) is 4.68 Å². The fraction of sp³-hybridized carbons (Fsp3) is 0.292. The van der Waals surface area contributed by atoms with Crippen LogP contribution in [0.5, 0.6) is 11.5 Å². The van der Waals surface area contributed by atoms with Crippen molar-refractivity contribution in [2.45, 2.75) is 25.9 Å². The van der Waals surface area contributed by atoms with Crippen molar-refractivity contribution in [1.82, 2.24) is 19.7 Å². The van der Waals surface area contributed by atoms with E-state index >= 15 is 0 Å². The van der Waals surface area contributed by atoms with Crippen molar-refractivity contribution in [2.24, 2.45) is 7.05 Å². The van der Waals surface area contributed by atoms with Crippen LogP contribution in [0.4, 0.5) is 0 Å². The van der Waals surface area contributed by atoms with Crippen LogP contribution in [0, 0.1) is 0 Å². The van der Waals surface area contributed by atoms with Crippen molar-refractivity contribution >= 4 is 27.7 Å². The van der Waals surface area contributed by atoms with Gasteiger partial charge in [0, 0.05) is 17.8 Å². The lowest BCUT2D eigenvalue weighted by molar-refractivity contribution is -0.124. The van der Waals surface area contributed by atoms with E-state index in [2.05, 4.69) is 10.4 Å². The highest BCUT2D eigenvalue weighted by Crippen LogP contribution is 2.33. The molecule has 2 atom stereocenters. The summed E-state index contributed by atoms with van der Waals surface area (Å²) in [4.78, 5) is 26.2. The molecule has 0 saturated heterocycles. The minimum Gasteiger partial charge on any atom is -0.486 e. The van der Waals surface area contributed by atoms with Crippen LogP contribution < -0.4 is 20.3 Å². The Bertz CT molecular complexity index is 1400. The maximum Gasteiger partial charge on any atom is 0.291 e. The van der Waals surface area contributed by atoms with E-state index in [0.29, 0.717) is 30.2 Å². The summed E-state index contributed by atoms with van der Waals surface area (Å²) in [6, 6.07) is 12.5. The molecule has 0 spiro atoms. The second-order valence-electron chi connectivity index (χ2n) is 8.03. The van der Waals surface area contributed by atoms with Gasteiger partial charge in [-0.15, -0.1) is 0 Å². The Hall–Kier alpha value is -3.81. The lowest BCUT2D eigenvalue weighted by Crippen LogP contribution is -2.34. The highest BCUT2D eigenvalue weighted by molar-refractivity contribution is 6.08. The van der Waals surface area contributed by atoms with E-state index in [0.717, 1.165) is 21.9 Å². The number of amides is 1. The van der Waals surface area contributed by atoms with E-state index in [1.807, 2.05) is 49.4 Å². The molecule has 1 N–H and O–H groups in total. The van der Waals surface area contributed by atoms with E-state index in [4.69, 9.17) is 9.47 Å². The van der Waals surface area contributed by atoms with Crippen molar-refractivity contribution in [3.05, 3.63) is 64.6 Å². The summed E-state index contributed by atoms with van der Waals surface area (Å²) in [5.41, 5.74) is 1.97. The number of rotatable bonds is 4. The monoisotopic (exact) mass is 432 g/mol. The number of benzene rings is 2. The fourth-order valence-corrected chi connectivity index (χ4v) is 4.25. The minimum absolute atomic E-state index is 0.186. The summed E-state index contributed by atoms with van der Waals surface area (Å²) >= 11 is 0. The number of carbonyl (C=O) groups is 1. The normalized spacial score (nSPS) is 15.0. The van der Waals surface area contributed by atoms with Crippen molar-refractivity contribution < 1.29 is 14.3 Å². The van der Waals surface area contributed by atoms with E-state index < -0.39 is 6.04 Å². The molecule has 0 aliphatic carbocycles. The third-order valence-corrected chi connectivity index (χ3v) is 6.00. The summed E-state index contributed by atoms with van der Waals surface area (Å²) in [6.07, 6.45) is 1.68. The van der Waals surface area contributed by atoms with E-state index in [9.17, 15) is 9.59 Å². The highest BCUT2D eigenvalue weighted by atomic mass is 16.6. The molecule has 0 saturated carbocycles. The molecule has 2 aromatic carbocycles. The second kappa shape index (κ2) is 7.71. The first-order chi connectivity index (χ1) is 15.5. The van der Waals surface area contributed by atoms with Gasteiger partial charge >= 0.3 is 0 Å². The van der Waals surface area contributed by atoms with Gasteiger partial charge in [0.25, 0.3) is 5.56 Å². The van der Waals surface area contributed by atoms with Gasteiger partial charge in [-0.1, -0.05) is 24.3 Å². The van der Waals surface area contributed by atoms with E-state index in [1.54, 1.807) is 24.7 Å². The lowest BCUT2D eigenvalue weighted by atomic mass is 10.1. The van der Waals surface area contributed by atoms with Crippen LogP contribution in [0.25, 0.3) is 21.8 Å². The molecule has 3 heterocycles. The molecule has 8 nitrogen and oxygen atoms in total. The molecule has 2 aromatic heterocycles. The third-order valence-electron chi connectivity index (χ3n) is 6.00. The summed E-state index contributed by atoms with van der Waals surface area (Å²) in [5, 5.41) is 8.87. The predicted octanol–water partition coefficient (Wildman–Crippen LogP) is 3.10. The Morgan fingerprint density at radius 3 is 2.62 bits per heavy atom. The standard InChI is InChI=1S/C24H24N4O4/c1-14(16-8-9-20-21(12-16)32-11-10-31-20)26-23(29)15(2)28-19-7-5-4-6-17(19)18-13-25-27(3)24(30)22(18)28/h4-9,12-15H,10-11H2,1-3H3,(H,26,29)/t14-,15+/m0/s1. The van der Waals surface area contributed by atoms with Gasteiger partial charge in [0.05, 0.1) is 17.8 Å². The Morgan fingerprint density at radius 1 is 1.06 bits per heavy atom. The van der Waals surface area contributed by atoms with Gasteiger partial charge in [0.1, 0.15) is 24.8 Å². The summed E-state index contributed by atoms with van der Waals surface area (Å²) in [5.74, 6) is 1.21. The number of para-hydroxylation sites is 1. The van der Waals surface area contributed by atoms with Crippen molar-refractivity contribution in [3.8, 4) is 11.5 Å². The number of nitrogens with one attached hydrogen (secondary N) is 1. The molecule has 5 rings (SSSR count). The van der Waals surface area contributed by atoms with Crippen LogP contribution in [0.1, 0.15) is 31.5 Å². The SMILES string of the molecule is C[C@H](NC(=O)[C@@H](C)n1c2ccccc2c2cnn(C)c(=O)c21)c1ccc2c(c1)OCCO2. The number of aromatic nitrogens is 3. The Balaban J connectivity index is 1.50. The molecule has 0 radical (unpaired) electrons. The zero-order valence-electron chi connectivity index (χ0n) is 18.2. The number of nitrogens with zero attached hydrogens (tertiary/aromatic N) is 3. The van der Waals surface area contributed by atoms with Gasteiger partial charge in [-0.25, -0.2) is 4.68 Å². The maximum absolute atomic E-state index is 13.3. The van der Waals surface area contributed by atoms with Crippen LogP contribution in [-0.2, 0) is 11.8 Å². The first-order valence-corrected chi connectivity index (χ1v) is 10.6. The topological polar surface area (TPSA) is 87.4 Å². The van der Waals surface area contributed by atoms with E-state index in [-0.39, 0.29) is 17.5 Å². The molecule has 1 aliphatic heterocycles. The summed E-state index contributed by atoms with van der Waals surface area (Å²) in [6.45, 7) is 4.76. The molecule has 0 fully saturated rings. The molecular formula is C24H24N4O4. The highest BCUT2D eigenvalue weighted by Gasteiger charge is 2.25. The molecule has 164 valence electrons. The zero-order valence-corrected chi connectivity index (χ0v) is 18.2. The van der Waals surface area contributed by atoms with Crippen molar-refractivity contribution in [3.63, 3.8) is 0 Å². The van der Waals surface area contributed by atoms with Gasteiger partial charge in [0.2, 0.25) is 5.91 Å². The van der Waals surface area contributed by atoms with Crippen LogP contribution in [-0.4, -0.2) is 33.5 Å². The number of carbonyl (C=O) groups excluding carboxylic acids is 1. The predicted molar refractivity (Wildman–Crippen MR) is 121 cm³/mol. The number of fused-ring (bicyclic) bond motifs is 4. The number of aryl methyl sites for hydroxylation is 1. The second-order valence-corrected chi connectivity index (χ2v) is 8.03. The molecular weight excluding hydrogens is 408 g/mol. The molecule has 4 aromatic rings. The summed E-state index contributed by atoms with van der Waals surface area (Å²) < 4.78 is 14.3. The molecule has 8 heteroatoms. The third kappa shape index (κ3) is 3.19. The first-order valence-electron chi connectivity index (χ1n) is 10.6. The number of hydrogen-bond donors (Lipinski definition) is 1. The average Bonchev–Trinajstić information content (AvgIpc) is 3.15. The van der Waals surface area contributed by atoms with Gasteiger partial charge in [-0.3, -0.25) is 9.59 Å². The largest absolute Gasteiger partial charge is 0.486 e. The molecule has 1 aliphatic rings. The number of hydrogen-bond acceptors (Lipinski definition) is 5. The molecule has 0 unspecified atom stereocenters. The van der Waals surface area contributed by atoms with Crippen molar-refractivity contribution in [2.75, 3.05) is 13.2 Å². The Morgan fingerprint density at radius 2 is 1.81 bits per heavy atom. The molecule has 0 bridgehead atoms.